The maximum Gasteiger partial charge on any atom is 0.341 e. The fourth-order valence-corrected chi connectivity index (χ4v) is 2.24. The summed E-state index contributed by atoms with van der Waals surface area (Å²) in [5, 5.41) is 27.2. The van der Waals surface area contributed by atoms with Gasteiger partial charge >= 0.3 is 11.9 Å². The van der Waals surface area contributed by atoms with E-state index in [-0.39, 0.29) is 30.3 Å². The smallest absolute Gasteiger partial charge is 0.341 e. The van der Waals surface area contributed by atoms with Gasteiger partial charge < -0.3 is 19.8 Å². The predicted octanol–water partition coefficient (Wildman–Crippen LogP) is 1.53. The van der Waals surface area contributed by atoms with Crippen LogP contribution in [-0.4, -0.2) is 34.2 Å². The lowest BCUT2D eigenvalue weighted by molar-refractivity contribution is -0.335. The summed E-state index contributed by atoms with van der Waals surface area (Å²) in [6.45, 7) is -0.928. The number of aromatic carboxylic acids is 1. The van der Waals surface area contributed by atoms with Gasteiger partial charge in [-0.2, -0.15) is 10.8 Å². The average molecular weight is 411 g/mol. The molecule has 0 spiro atoms. The minimum Gasteiger partial charge on any atom is -0.508 e. The molecule has 0 unspecified atom stereocenters. The Bertz CT molecular complexity index is 855. The highest BCUT2D eigenvalue weighted by Crippen LogP contribution is 2.20. The van der Waals surface area contributed by atoms with Gasteiger partial charge in [0, 0.05) is 0 Å². The number of esters is 1. The molecule has 2 aromatic carbocycles. The molecule has 2 rings (SSSR count). The Balaban J connectivity index is 1.88. The minimum atomic E-state index is -1.40. The summed E-state index contributed by atoms with van der Waals surface area (Å²) in [5.74, 6) is 2.29. The Hall–Kier alpha value is -3.26. The molecule has 0 aliphatic carbocycles. The van der Waals surface area contributed by atoms with Crippen molar-refractivity contribution in [3.05, 3.63) is 58.7 Å². The monoisotopic (exact) mass is 411 g/mol. The number of carbonyl (C=O) groups excluding carboxylic acids is 1. The molecule has 0 aromatic heterocycles. The van der Waals surface area contributed by atoms with Gasteiger partial charge in [-0.3, -0.25) is 5.26 Å². The van der Waals surface area contributed by atoms with Crippen molar-refractivity contribution in [1.29, 1.82) is 0 Å². The third-order valence-corrected chi connectivity index (χ3v) is 3.53. The van der Waals surface area contributed by atoms with E-state index in [9.17, 15) is 19.8 Å². The molecule has 0 amide bonds. The molecule has 5 N–H and O–H groups in total. The Morgan fingerprint density at radius 2 is 1.76 bits per heavy atom. The minimum absolute atomic E-state index is 0.0284. The lowest BCUT2D eigenvalue weighted by Gasteiger charge is -2.10. The number of carboxylic acid groups (broad SMARTS) is 1. The zero-order chi connectivity index (χ0) is 21.2. The van der Waals surface area contributed by atoms with Crippen molar-refractivity contribution in [1.82, 2.24) is 0 Å². The van der Waals surface area contributed by atoms with Crippen molar-refractivity contribution in [2.75, 3.05) is 6.79 Å². The molecule has 156 valence electrons. The maximum absolute atomic E-state index is 12.1. The first-order chi connectivity index (χ1) is 14.0. The molecule has 29 heavy (non-hydrogen) atoms. The van der Waals surface area contributed by atoms with Crippen LogP contribution in [0, 0.1) is 0 Å². The molecule has 0 radical (unpaired) electrons. The van der Waals surface area contributed by atoms with Gasteiger partial charge in [0.2, 0.25) is 6.79 Å². The zero-order valence-corrected chi connectivity index (χ0v) is 14.8. The molecule has 12 heteroatoms. The first kappa shape index (κ1) is 22.0. The Kier molecular flexibility index (Phi) is 8.29. The number of nitrogens with two attached hydrogens (primary N) is 1. The van der Waals surface area contributed by atoms with Gasteiger partial charge in [0.25, 0.3) is 0 Å². The van der Waals surface area contributed by atoms with Crippen LogP contribution in [-0.2, 0) is 37.6 Å². The van der Waals surface area contributed by atoms with Gasteiger partial charge in [0.05, 0.1) is 11.1 Å². The second-order valence-electron chi connectivity index (χ2n) is 5.35. The number of rotatable bonds is 11. The van der Waals surface area contributed by atoms with Gasteiger partial charge in [-0.15, -0.1) is 0 Å². The highest BCUT2D eigenvalue weighted by molar-refractivity contribution is 6.02. The Labute approximate surface area is 163 Å². The zero-order valence-electron chi connectivity index (χ0n) is 14.8. The summed E-state index contributed by atoms with van der Waals surface area (Å²) < 4.78 is 4.80. The molecular formula is C17H17NO11. The second-order valence-corrected chi connectivity index (χ2v) is 5.35. The van der Waals surface area contributed by atoms with Gasteiger partial charge in [0.15, 0.2) is 5.75 Å². The van der Waals surface area contributed by atoms with Crippen LogP contribution in [0.3, 0.4) is 0 Å². The fraction of sp³-hybridized carbons (Fsp3) is 0.176. The van der Waals surface area contributed by atoms with Crippen LogP contribution >= 0.6 is 0 Å². The number of phenols is 1. The van der Waals surface area contributed by atoms with Crippen LogP contribution in [0.1, 0.15) is 31.8 Å². The molecule has 0 atom stereocenters. The van der Waals surface area contributed by atoms with E-state index in [4.69, 9.17) is 25.7 Å². The van der Waals surface area contributed by atoms with E-state index < -0.39 is 24.3 Å². The van der Waals surface area contributed by atoms with E-state index in [1.807, 2.05) is 0 Å². The maximum atomic E-state index is 12.1. The molecule has 0 bridgehead atoms. The molecule has 0 fully saturated rings. The Morgan fingerprint density at radius 3 is 2.45 bits per heavy atom. The number of hydrogen-bond acceptors (Lipinski definition) is 11. The normalized spacial score (nSPS) is 10.6. The van der Waals surface area contributed by atoms with Crippen molar-refractivity contribution in [2.24, 2.45) is 5.90 Å². The van der Waals surface area contributed by atoms with Crippen molar-refractivity contribution >= 4 is 11.9 Å². The third kappa shape index (κ3) is 6.39. The van der Waals surface area contributed by atoms with E-state index in [1.54, 1.807) is 0 Å². The van der Waals surface area contributed by atoms with Gasteiger partial charge in [-0.1, -0.05) is 11.1 Å². The lowest BCUT2D eigenvalue weighted by atomic mass is 10.1. The summed E-state index contributed by atoms with van der Waals surface area (Å²) in [6, 6.07) is 7.72. The van der Waals surface area contributed by atoms with E-state index >= 15 is 0 Å². The lowest BCUT2D eigenvalue weighted by Crippen LogP contribution is -2.14. The van der Waals surface area contributed by atoms with Gasteiger partial charge in [-0.25, -0.2) is 19.4 Å². The quantitative estimate of drug-likeness (QED) is 0.138. The molecule has 12 nitrogen and oxygen atoms in total. The predicted molar refractivity (Wildman–Crippen MR) is 91.0 cm³/mol. The molecule has 0 aliphatic rings. The summed E-state index contributed by atoms with van der Waals surface area (Å²) in [6.07, 6.45) is 0. The molecular weight excluding hydrogens is 394 g/mol. The number of ether oxygens (including phenoxy) is 1. The van der Waals surface area contributed by atoms with Crippen LogP contribution in [0.4, 0.5) is 0 Å². The standard InChI is InChI=1S/C17H17NO11/c18-29-28-13-3-4-14(15(6-13)16(20)21)17(22)24-9-27-26-8-10-1-2-12(19)5-11(10)7-25-23/h1-6,19,23H,7-9,18H2,(H,20,21). The summed E-state index contributed by atoms with van der Waals surface area (Å²) in [4.78, 5) is 45.5. The number of carbonyl (C=O) groups is 2. The SMILES string of the molecule is NOOc1ccc(C(=O)OCOOCc2ccc(O)cc2COO)c(C(=O)O)c1. The Morgan fingerprint density at radius 1 is 0.966 bits per heavy atom. The summed E-state index contributed by atoms with van der Waals surface area (Å²) in [5.41, 5.74) is 0.326. The molecule has 0 aliphatic heterocycles. The van der Waals surface area contributed by atoms with Crippen LogP contribution in [0.2, 0.25) is 0 Å². The van der Waals surface area contributed by atoms with Crippen molar-refractivity contribution in [3.63, 3.8) is 0 Å². The van der Waals surface area contributed by atoms with Crippen molar-refractivity contribution < 1.29 is 54.3 Å². The third-order valence-electron chi connectivity index (χ3n) is 3.53. The van der Waals surface area contributed by atoms with Crippen molar-refractivity contribution in [3.8, 4) is 11.5 Å². The molecule has 2 aromatic rings. The van der Waals surface area contributed by atoms with E-state index in [1.165, 1.54) is 24.3 Å². The molecule has 0 heterocycles. The summed E-state index contributed by atoms with van der Waals surface area (Å²) >= 11 is 0. The topological polar surface area (TPSA) is 176 Å². The first-order valence-electron chi connectivity index (χ1n) is 7.85. The number of hydrogen-bond donors (Lipinski definition) is 4. The van der Waals surface area contributed by atoms with Crippen LogP contribution < -0.4 is 10.8 Å². The van der Waals surface area contributed by atoms with Crippen molar-refractivity contribution in [2.45, 2.75) is 13.2 Å². The highest BCUT2D eigenvalue weighted by Gasteiger charge is 2.19. The van der Waals surface area contributed by atoms with E-state index in [0.717, 1.165) is 12.1 Å². The van der Waals surface area contributed by atoms with E-state index in [0.29, 0.717) is 11.1 Å². The number of phenolic OH excluding ortho intramolecular Hbond substituents is 1. The van der Waals surface area contributed by atoms with Gasteiger partial charge in [-0.05, 0) is 41.5 Å². The van der Waals surface area contributed by atoms with Gasteiger partial charge in [0.1, 0.15) is 19.0 Å². The number of benzene rings is 2. The van der Waals surface area contributed by atoms with Crippen LogP contribution in [0.5, 0.6) is 11.5 Å². The largest absolute Gasteiger partial charge is 0.508 e. The van der Waals surface area contributed by atoms with Crippen LogP contribution in [0.25, 0.3) is 0 Å². The average Bonchev–Trinajstić information content (AvgIpc) is 2.69. The van der Waals surface area contributed by atoms with E-state index in [2.05, 4.69) is 14.8 Å². The molecule has 0 saturated carbocycles. The second kappa shape index (κ2) is 10.9. The number of carboxylic acids is 1. The first-order valence-corrected chi connectivity index (χ1v) is 7.85. The van der Waals surface area contributed by atoms with Crippen LogP contribution in [0.15, 0.2) is 36.4 Å². The fourth-order valence-electron chi connectivity index (χ4n) is 2.24. The molecule has 0 saturated heterocycles. The number of aromatic hydroxyl groups is 1. The summed E-state index contributed by atoms with van der Waals surface area (Å²) in [7, 11) is 0. The highest BCUT2D eigenvalue weighted by atomic mass is 17.3.